The molecule has 0 aliphatic carbocycles. The van der Waals surface area contributed by atoms with E-state index in [1.54, 1.807) is 12.1 Å². The molecule has 5 nitrogen and oxygen atoms in total. The first-order valence-corrected chi connectivity index (χ1v) is 5.23. The number of nitrogens with two attached hydrogens (primary N) is 1. The number of halogens is 1. The van der Waals surface area contributed by atoms with Gasteiger partial charge in [0, 0.05) is 12.6 Å². The lowest BCUT2D eigenvalue weighted by Crippen LogP contribution is -2.19. The zero-order valence-corrected chi connectivity index (χ0v) is 9.64. The number of hydrogen-bond donors (Lipinski definition) is 2. The lowest BCUT2D eigenvalue weighted by Gasteiger charge is -2.05. The summed E-state index contributed by atoms with van der Waals surface area (Å²) in [7, 11) is 1.44. The Bertz CT molecular complexity index is 583. The number of amides is 1. The lowest BCUT2D eigenvalue weighted by atomic mass is 10.1. The standard InChI is InChI=1S/C12H11FN4O/c1-15-12(18)8-6-7(2-3-9(8)13)10-4-5-11(14)17-16-10/h2-6H,1H3,(H2,14,17)(H,15,18). The molecule has 92 valence electrons. The van der Waals surface area contributed by atoms with Crippen LogP contribution in [0.25, 0.3) is 11.3 Å². The number of rotatable bonds is 2. The molecular weight excluding hydrogens is 235 g/mol. The summed E-state index contributed by atoms with van der Waals surface area (Å²) in [4.78, 5) is 11.5. The van der Waals surface area contributed by atoms with Crippen LogP contribution in [0.4, 0.5) is 10.2 Å². The van der Waals surface area contributed by atoms with E-state index in [4.69, 9.17) is 5.73 Å². The largest absolute Gasteiger partial charge is 0.382 e. The Labute approximate surface area is 103 Å². The number of hydrogen-bond acceptors (Lipinski definition) is 4. The molecule has 0 atom stereocenters. The van der Waals surface area contributed by atoms with Crippen molar-refractivity contribution in [2.75, 3.05) is 12.8 Å². The fourth-order valence-electron chi connectivity index (χ4n) is 1.49. The van der Waals surface area contributed by atoms with Gasteiger partial charge in [0.2, 0.25) is 0 Å². The predicted octanol–water partition coefficient (Wildman–Crippen LogP) is 1.22. The topological polar surface area (TPSA) is 80.9 Å². The van der Waals surface area contributed by atoms with Gasteiger partial charge in [-0.05, 0) is 30.3 Å². The Morgan fingerprint density at radius 2 is 2.06 bits per heavy atom. The Morgan fingerprint density at radius 1 is 1.28 bits per heavy atom. The molecule has 0 fully saturated rings. The van der Waals surface area contributed by atoms with Crippen LogP contribution < -0.4 is 11.1 Å². The lowest BCUT2D eigenvalue weighted by molar-refractivity contribution is 0.0959. The summed E-state index contributed by atoms with van der Waals surface area (Å²) in [6.07, 6.45) is 0. The first-order valence-electron chi connectivity index (χ1n) is 5.23. The third-order valence-corrected chi connectivity index (χ3v) is 2.42. The number of benzene rings is 1. The van der Waals surface area contributed by atoms with Gasteiger partial charge in [-0.15, -0.1) is 10.2 Å². The molecule has 0 saturated carbocycles. The average Bonchev–Trinajstić information content (AvgIpc) is 2.39. The molecular formula is C12H11FN4O. The molecule has 6 heteroatoms. The van der Waals surface area contributed by atoms with Crippen molar-refractivity contribution >= 4 is 11.7 Å². The second-order valence-corrected chi connectivity index (χ2v) is 3.62. The second kappa shape index (κ2) is 4.79. The Balaban J connectivity index is 2.46. The minimum absolute atomic E-state index is 0.0337. The van der Waals surface area contributed by atoms with Crippen LogP contribution in [0, 0.1) is 5.82 Å². The van der Waals surface area contributed by atoms with Crippen LogP contribution >= 0.6 is 0 Å². The monoisotopic (exact) mass is 246 g/mol. The van der Waals surface area contributed by atoms with Crippen LogP contribution in [0.5, 0.6) is 0 Å². The summed E-state index contributed by atoms with van der Waals surface area (Å²) in [6.45, 7) is 0. The van der Waals surface area contributed by atoms with E-state index in [9.17, 15) is 9.18 Å². The molecule has 2 aromatic rings. The highest BCUT2D eigenvalue weighted by atomic mass is 19.1. The third-order valence-electron chi connectivity index (χ3n) is 2.42. The highest BCUT2D eigenvalue weighted by Gasteiger charge is 2.12. The zero-order chi connectivity index (χ0) is 13.1. The summed E-state index contributed by atoms with van der Waals surface area (Å²) in [5, 5.41) is 9.96. The molecule has 0 unspecified atom stereocenters. The van der Waals surface area contributed by atoms with E-state index in [-0.39, 0.29) is 5.56 Å². The van der Waals surface area contributed by atoms with E-state index in [0.29, 0.717) is 17.1 Å². The molecule has 1 heterocycles. The van der Waals surface area contributed by atoms with Gasteiger partial charge in [0.15, 0.2) is 0 Å². The fourth-order valence-corrected chi connectivity index (χ4v) is 1.49. The van der Waals surface area contributed by atoms with Crippen LogP contribution in [0.15, 0.2) is 30.3 Å². The summed E-state index contributed by atoms with van der Waals surface area (Å²) >= 11 is 0. The number of carbonyl (C=O) groups is 1. The maximum atomic E-state index is 13.5. The van der Waals surface area contributed by atoms with Crippen molar-refractivity contribution in [2.45, 2.75) is 0 Å². The minimum atomic E-state index is -0.582. The second-order valence-electron chi connectivity index (χ2n) is 3.62. The van der Waals surface area contributed by atoms with E-state index in [1.165, 1.54) is 25.2 Å². The molecule has 0 bridgehead atoms. The Morgan fingerprint density at radius 3 is 2.67 bits per heavy atom. The van der Waals surface area contributed by atoms with Gasteiger partial charge >= 0.3 is 0 Å². The molecule has 0 spiro atoms. The molecule has 1 aromatic carbocycles. The van der Waals surface area contributed by atoms with Gasteiger partial charge in [-0.2, -0.15) is 0 Å². The van der Waals surface area contributed by atoms with Crippen molar-refractivity contribution in [2.24, 2.45) is 0 Å². The first-order chi connectivity index (χ1) is 8.61. The van der Waals surface area contributed by atoms with Gasteiger partial charge < -0.3 is 11.1 Å². The van der Waals surface area contributed by atoms with E-state index >= 15 is 0 Å². The SMILES string of the molecule is CNC(=O)c1cc(-c2ccc(N)nn2)ccc1F. The summed E-state index contributed by atoms with van der Waals surface area (Å²) < 4.78 is 13.5. The number of nitrogen functional groups attached to an aromatic ring is 1. The summed E-state index contributed by atoms with van der Waals surface area (Å²) in [5.74, 6) is -0.772. The van der Waals surface area contributed by atoms with Crippen molar-refractivity contribution < 1.29 is 9.18 Å². The van der Waals surface area contributed by atoms with Crippen LogP contribution in [0.1, 0.15) is 10.4 Å². The molecule has 0 saturated heterocycles. The van der Waals surface area contributed by atoms with E-state index in [1.807, 2.05) is 0 Å². The normalized spacial score (nSPS) is 10.1. The predicted molar refractivity (Wildman–Crippen MR) is 65.2 cm³/mol. The van der Waals surface area contributed by atoms with E-state index in [2.05, 4.69) is 15.5 Å². The number of carbonyl (C=O) groups excluding carboxylic acids is 1. The van der Waals surface area contributed by atoms with Crippen molar-refractivity contribution in [3.05, 3.63) is 41.7 Å². The van der Waals surface area contributed by atoms with Crippen LogP contribution in [0.2, 0.25) is 0 Å². The number of anilines is 1. The Kier molecular flexibility index (Phi) is 3.18. The van der Waals surface area contributed by atoms with Gasteiger partial charge in [0.1, 0.15) is 11.6 Å². The minimum Gasteiger partial charge on any atom is -0.382 e. The van der Waals surface area contributed by atoms with Gasteiger partial charge in [-0.25, -0.2) is 4.39 Å². The van der Waals surface area contributed by atoms with Gasteiger partial charge in [-0.3, -0.25) is 4.79 Å². The zero-order valence-electron chi connectivity index (χ0n) is 9.64. The van der Waals surface area contributed by atoms with Crippen molar-refractivity contribution in [3.8, 4) is 11.3 Å². The fraction of sp³-hybridized carbons (Fsp3) is 0.0833. The van der Waals surface area contributed by atoms with Crippen molar-refractivity contribution in [1.29, 1.82) is 0 Å². The van der Waals surface area contributed by atoms with Crippen LogP contribution in [-0.4, -0.2) is 23.2 Å². The number of aromatic nitrogens is 2. The molecule has 3 N–H and O–H groups in total. The molecule has 0 aliphatic rings. The molecule has 1 amide bonds. The van der Waals surface area contributed by atoms with Gasteiger partial charge in [-0.1, -0.05) is 0 Å². The van der Waals surface area contributed by atoms with Gasteiger partial charge in [0.05, 0.1) is 11.3 Å². The smallest absolute Gasteiger partial charge is 0.254 e. The first kappa shape index (κ1) is 12.0. The van der Waals surface area contributed by atoms with E-state index < -0.39 is 11.7 Å². The third kappa shape index (κ3) is 2.27. The van der Waals surface area contributed by atoms with Gasteiger partial charge in [0.25, 0.3) is 5.91 Å². The number of nitrogens with zero attached hydrogens (tertiary/aromatic N) is 2. The maximum absolute atomic E-state index is 13.5. The number of nitrogens with one attached hydrogen (secondary N) is 1. The summed E-state index contributed by atoms with van der Waals surface area (Å²) in [5.41, 5.74) is 6.52. The van der Waals surface area contributed by atoms with Crippen molar-refractivity contribution in [1.82, 2.24) is 15.5 Å². The quantitative estimate of drug-likeness (QED) is 0.835. The van der Waals surface area contributed by atoms with Crippen molar-refractivity contribution in [3.63, 3.8) is 0 Å². The molecule has 1 aromatic heterocycles. The molecule has 0 radical (unpaired) electrons. The van der Waals surface area contributed by atoms with E-state index in [0.717, 1.165) is 0 Å². The van der Waals surface area contributed by atoms with Crippen LogP contribution in [0.3, 0.4) is 0 Å². The summed E-state index contributed by atoms with van der Waals surface area (Å²) in [6, 6.07) is 7.42. The average molecular weight is 246 g/mol. The Hall–Kier alpha value is -2.50. The molecule has 18 heavy (non-hydrogen) atoms. The van der Waals surface area contributed by atoms with Crippen LogP contribution in [-0.2, 0) is 0 Å². The maximum Gasteiger partial charge on any atom is 0.254 e. The molecule has 0 aliphatic heterocycles. The highest BCUT2D eigenvalue weighted by Crippen LogP contribution is 2.20. The highest BCUT2D eigenvalue weighted by molar-refractivity contribution is 5.95. The molecule has 2 rings (SSSR count).